The van der Waals surface area contributed by atoms with Crippen molar-refractivity contribution in [2.75, 3.05) is 0 Å². The summed E-state index contributed by atoms with van der Waals surface area (Å²) in [7, 11) is 0. The second-order valence-corrected chi connectivity index (χ2v) is 8.10. The summed E-state index contributed by atoms with van der Waals surface area (Å²) in [6.45, 7) is 9.33. The Hall–Kier alpha value is -0.340. The van der Waals surface area contributed by atoms with Gasteiger partial charge in [-0.05, 0) is 63.5 Å². The molecule has 1 aliphatic carbocycles. The second-order valence-electron chi connectivity index (χ2n) is 6.72. The van der Waals surface area contributed by atoms with Crippen molar-refractivity contribution < 1.29 is 0 Å². The molecule has 0 spiro atoms. The zero-order valence-electron chi connectivity index (χ0n) is 12.3. The van der Waals surface area contributed by atoms with Crippen LogP contribution >= 0.6 is 11.3 Å². The maximum Gasteiger partial charge on any atom is 0.00896 e. The maximum absolute atomic E-state index is 3.82. The Labute approximate surface area is 116 Å². The van der Waals surface area contributed by atoms with Crippen LogP contribution in [0.4, 0.5) is 0 Å². The fourth-order valence-electron chi connectivity index (χ4n) is 2.92. The van der Waals surface area contributed by atoms with E-state index in [1.54, 1.807) is 0 Å². The summed E-state index contributed by atoms with van der Waals surface area (Å²) in [4.78, 5) is 2.94. The molecular weight excluding hydrogens is 238 g/mol. The maximum atomic E-state index is 3.82. The molecule has 1 unspecified atom stereocenters. The predicted molar refractivity (Wildman–Crippen MR) is 81.4 cm³/mol. The lowest BCUT2D eigenvalue weighted by molar-refractivity contribution is 0.199. The Morgan fingerprint density at radius 2 is 2.00 bits per heavy atom. The zero-order chi connectivity index (χ0) is 13.2. The van der Waals surface area contributed by atoms with Crippen molar-refractivity contribution in [2.24, 2.45) is 5.41 Å². The first-order valence-corrected chi connectivity index (χ1v) is 8.08. The molecule has 0 saturated heterocycles. The van der Waals surface area contributed by atoms with Gasteiger partial charge in [0.2, 0.25) is 0 Å². The van der Waals surface area contributed by atoms with E-state index < -0.39 is 0 Å². The molecule has 1 heterocycles. The van der Waals surface area contributed by atoms with E-state index in [4.69, 9.17) is 0 Å². The van der Waals surface area contributed by atoms with Gasteiger partial charge in [-0.1, -0.05) is 13.8 Å². The van der Waals surface area contributed by atoms with Crippen LogP contribution in [0.1, 0.15) is 56.2 Å². The van der Waals surface area contributed by atoms with E-state index in [-0.39, 0.29) is 0 Å². The van der Waals surface area contributed by atoms with Crippen LogP contribution in [0.5, 0.6) is 0 Å². The van der Waals surface area contributed by atoms with Crippen LogP contribution in [-0.2, 0) is 6.42 Å². The van der Waals surface area contributed by atoms with Crippen LogP contribution in [0.2, 0.25) is 0 Å². The molecule has 0 aromatic carbocycles. The molecule has 18 heavy (non-hydrogen) atoms. The number of rotatable bonds is 4. The smallest absolute Gasteiger partial charge is 0.00896 e. The Balaban J connectivity index is 1.76. The fraction of sp³-hybridized carbons (Fsp3) is 0.750. The van der Waals surface area contributed by atoms with Crippen molar-refractivity contribution in [3.8, 4) is 0 Å². The molecule has 0 bridgehead atoms. The van der Waals surface area contributed by atoms with Crippen molar-refractivity contribution in [1.29, 1.82) is 0 Å². The number of hydrogen-bond acceptors (Lipinski definition) is 2. The molecule has 2 heteroatoms. The molecular formula is C16H27NS. The first-order chi connectivity index (χ1) is 8.44. The summed E-state index contributed by atoms with van der Waals surface area (Å²) in [5.74, 6) is 0. The summed E-state index contributed by atoms with van der Waals surface area (Å²) in [5, 5.41) is 3.82. The average molecular weight is 265 g/mol. The Morgan fingerprint density at radius 1 is 1.33 bits per heavy atom. The molecule has 1 aromatic heterocycles. The largest absolute Gasteiger partial charge is 0.311 e. The highest BCUT2D eigenvalue weighted by Gasteiger charge is 2.27. The molecule has 2 rings (SSSR count). The van der Waals surface area contributed by atoms with Gasteiger partial charge in [-0.3, -0.25) is 0 Å². The van der Waals surface area contributed by atoms with Crippen LogP contribution in [0.15, 0.2) is 12.1 Å². The van der Waals surface area contributed by atoms with E-state index in [9.17, 15) is 0 Å². The third-order valence-corrected chi connectivity index (χ3v) is 5.19. The molecule has 0 aliphatic heterocycles. The topological polar surface area (TPSA) is 12.0 Å². The number of aryl methyl sites for hydroxylation is 1. The van der Waals surface area contributed by atoms with Gasteiger partial charge < -0.3 is 5.32 Å². The fourth-order valence-corrected chi connectivity index (χ4v) is 3.94. The normalized spacial score (nSPS) is 22.0. The highest BCUT2D eigenvalue weighted by molar-refractivity contribution is 7.11. The van der Waals surface area contributed by atoms with E-state index in [2.05, 4.69) is 45.1 Å². The number of hydrogen-bond donors (Lipinski definition) is 1. The van der Waals surface area contributed by atoms with Gasteiger partial charge in [0.25, 0.3) is 0 Å². The van der Waals surface area contributed by atoms with Crippen LogP contribution in [-0.4, -0.2) is 12.1 Å². The standard InChI is InChI=1S/C16H27NS/c1-12(11-15-6-5-13(2)18-15)17-14-7-9-16(3,4)10-8-14/h5-6,12,14,17H,7-11H2,1-4H3. The summed E-state index contributed by atoms with van der Waals surface area (Å²) in [6, 6.07) is 5.86. The van der Waals surface area contributed by atoms with Gasteiger partial charge in [0.05, 0.1) is 0 Å². The third kappa shape index (κ3) is 4.10. The molecule has 1 aromatic rings. The predicted octanol–water partition coefficient (Wildman–Crippen LogP) is 4.55. The van der Waals surface area contributed by atoms with Crippen LogP contribution in [0.25, 0.3) is 0 Å². The van der Waals surface area contributed by atoms with Crippen molar-refractivity contribution in [3.05, 3.63) is 21.9 Å². The molecule has 1 saturated carbocycles. The van der Waals surface area contributed by atoms with Gasteiger partial charge in [-0.15, -0.1) is 11.3 Å². The minimum atomic E-state index is 0.576. The minimum absolute atomic E-state index is 0.576. The summed E-state index contributed by atoms with van der Waals surface area (Å²) in [5.41, 5.74) is 0.576. The highest BCUT2D eigenvalue weighted by atomic mass is 32.1. The van der Waals surface area contributed by atoms with E-state index in [1.165, 1.54) is 41.9 Å². The number of thiophene rings is 1. The molecule has 1 atom stereocenters. The minimum Gasteiger partial charge on any atom is -0.311 e. The Morgan fingerprint density at radius 3 is 2.56 bits per heavy atom. The second kappa shape index (κ2) is 5.75. The van der Waals surface area contributed by atoms with Crippen molar-refractivity contribution in [1.82, 2.24) is 5.32 Å². The Bertz CT molecular complexity index is 370. The third-order valence-electron chi connectivity index (χ3n) is 4.16. The van der Waals surface area contributed by atoms with E-state index in [0.717, 1.165) is 6.04 Å². The average Bonchev–Trinajstić information content (AvgIpc) is 2.67. The van der Waals surface area contributed by atoms with Gasteiger partial charge in [-0.25, -0.2) is 0 Å². The molecule has 0 radical (unpaired) electrons. The monoisotopic (exact) mass is 265 g/mol. The lowest BCUT2D eigenvalue weighted by Crippen LogP contribution is -2.41. The van der Waals surface area contributed by atoms with Gasteiger partial charge in [0.1, 0.15) is 0 Å². The SMILES string of the molecule is Cc1ccc(CC(C)NC2CCC(C)(C)CC2)s1. The van der Waals surface area contributed by atoms with E-state index >= 15 is 0 Å². The van der Waals surface area contributed by atoms with Gasteiger partial charge >= 0.3 is 0 Å². The van der Waals surface area contributed by atoms with Crippen LogP contribution in [0.3, 0.4) is 0 Å². The van der Waals surface area contributed by atoms with Crippen LogP contribution in [0, 0.1) is 12.3 Å². The summed E-state index contributed by atoms with van der Waals surface area (Å²) < 4.78 is 0. The quantitative estimate of drug-likeness (QED) is 0.842. The lowest BCUT2D eigenvalue weighted by atomic mass is 9.75. The van der Waals surface area contributed by atoms with Crippen molar-refractivity contribution in [2.45, 2.75) is 71.9 Å². The molecule has 1 nitrogen and oxygen atoms in total. The van der Waals surface area contributed by atoms with E-state index in [0.29, 0.717) is 11.5 Å². The lowest BCUT2D eigenvalue weighted by Gasteiger charge is -2.36. The molecule has 1 fully saturated rings. The number of nitrogens with one attached hydrogen (secondary N) is 1. The molecule has 102 valence electrons. The summed E-state index contributed by atoms with van der Waals surface area (Å²) >= 11 is 1.94. The first kappa shape index (κ1) is 14.1. The summed E-state index contributed by atoms with van der Waals surface area (Å²) in [6.07, 6.45) is 6.62. The van der Waals surface area contributed by atoms with E-state index in [1.807, 2.05) is 11.3 Å². The first-order valence-electron chi connectivity index (χ1n) is 7.26. The van der Waals surface area contributed by atoms with Crippen molar-refractivity contribution >= 4 is 11.3 Å². The van der Waals surface area contributed by atoms with Crippen molar-refractivity contribution in [3.63, 3.8) is 0 Å². The van der Waals surface area contributed by atoms with Gasteiger partial charge in [0.15, 0.2) is 0 Å². The molecule has 1 N–H and O–H groups in total. The van der Waals surface area contributed by atoms with Gasteiger partial charge in [-0.2, -0.15) is 0 Å². The highest BCUT2D eigenvalue weighted by Crippen LogP contribution is 2.35. The Kier molecular flexibility index (Phi) is 4.50. The van der Waals surface area contributed by atoms with Crippen LogP contribution < -0.4 is 5.32 Å². The molecule has 1 aliphatic rings. The molecule has 0 amide bonds. The van der Waals surface area contributed by atoms with Gasteiger partial charge in [0, 0.05) is 21.8 Å². The zero-order valence-corrected chi connectivity index (χ0v) is 13.1.